The fourth-order valence-corrected chi connectivity index (χ4v) is 4.20. The van der Waals surface area contributed by atoms with E-state index >= 15 is 0 Å². The van der Waals surface area contributed by atoms with Crippen molar-refractivity contribution in [1.82, 2.24) is 4.98 Å². The number of benzene rings is 1. The predicted molar refractivity (Wildman–Crippen MR) is 110 cm³/mol. The first-order chi connectivity index (χ1) is 13.0. The predicted octanol–water partition coefficient (Wildman–Crippen LogP) is 4.96. The van der Waals surface area contributed by atoms with E-state index in [2.05, 4.69) is 11.4 Å². The molecule has 1 aromatic heterocycles. The summed E-state index contributed by atoms with van der Waals surface area (Å²) in [6.07, 6.45) is 5.44. The van der Waals surface area contributed by atoms with Crippen LogP contribution in [0.1, 0.15) is 54.1 Å². The van der Waals surface area contributed by atoms with Crippen molar-refractivity contribution in [3.8, 4) is 6.07 Å². The lowest BCUT2D eigenvalue weighted by Crippen LogP contribution is -2.23. The molecular weight excluding hydrogens is 354 g/mol. The largest absolute Gasteiger partial charge is 0.325 e. The molecule has 140 valence electrons. The summed E-state index contributed by atoms with van der Waals surface area (Å²) in [4.78, 5) is 17.4. The Balaban J connectivity index is 1.78. The van der Waals surface area contributed by atoms with E-state index in [9.17, 15) is 10.1 Å². The molecule has 1 heterocycles. The quantitative estimate of drug-likeness (QED) is 0.602. The average Bonchev–Trinajstić information content (AvgIpc) is 2.89. The van der Waals surface area contributed by atoms with Crippen LogP contribution in [0.4, 0.5) is 5.69 Å². The molecular formula is C22H25N3OS. The van der Waals surface area contributed by atoms with Crippen molar-refractivity contribution in [1.29, 1.82) is 5.26 Å². The topological polar surface area (TPSA) is 65.8 Å². The van der Waals surface area contributed by atoms with Crippen LogP contribution >= 0.6 is 11.8 Å². The Labute approximate surface area is 165 Å². The van der Waals surface area contributed by atoms with Gasteiger partial charge < -0.3 is 5.32 Å². The summed E-state index contributed by atoms with van der Waals surface area (Å²) in [7, 11) is 0. The Hall–Kier alpha value is -2.32. The van der Waals surface area contributed by atoms with Crippen LogP contribution in [0.5, 0.6) is 0 Å². The minimum Gasteiger partial charge on any atom is -0.325 e. The van der Waals surface area contributed by atoms with Crippen LogP contribution in [0.2, 0.25) is 0 Å². The van der Waals surface area contributed by atoms with Gasteiger partial charge in [0.25, 0.3) is 0 Å². The summed E-state index contributed by atoms with van der Waals surface area (Å²) in [5.74, 6) is -0.0747. The molecule has 5 heteroatoms. The van der Waals surface area contributed by atoms with Gasteiger partial charge in [-0.2, -0.15) is 5.26 Å². The van der Waals surface area contributed by atoms with Crippen molar-refractivity contribution >= 4 is 23.4 Å². The molecule has 1 aliphatic rings. The van der Waals surface area contributed by atoms with Crippen LogP contribution in [0.25, 0.3) is 0 Å². The maximum atomic E-state index is 12.7. The van der Waals surface area contributed by atoms with Gasteiger partial charge in [-0.05, 0) is 75.3 Å². The SMILES string of the molecule is Cc1cccc(NC(=O)C(C)Sc2nc3c(cc2C#N)CCCCC3)c1C. The number of carbonyl (C=O) groups is 1. The number of nitriles is 1. The van der Waals surface area contributed by atoms with Gasteiger partial charge in [-0.25, -0.2) is 4.98 Å². The van der Waals surface area contributed by atoms with E-state index in [4.69, 9.17) is 4.98 Å². The zero-order valence-corrected chi connectivity index (χ0v) is 16.9. The first-order valence-corrected chi connectivity index (χ1v) is 10.3. The summed E-state index contributed by atoms with van der Waals surface area (Å²) in [5, 5.41) is 12.9. The number of amides is 1. The van der Waals surface area contributed by atoms with Crippen molar-refractivity contribution in [2.45, 2.75) is 63.2 Å². The van der Waals surface area contributed by atoms with Crippen molar-refractivity contribution in [3.63, 3.8) is 0 Å². The number of nitrogens with one attached hydrogen (secondary N) is 1. The highest BCUT2D eigenvalue weighted by molar-refractivity contribution is 8.00. The molecule has 1 amide bonds. The highest BCUT2D eigenvalue weighted by atomic mass is 32.2. The number of rotatable bonds is 4. The first kappa shape index (κ1) is 19.4. The van der Waals surface area contributed by atoms with Gasteiger partial charge >= 0.3 is 0 Å². The summed E-state index contributed by atoms with van der Waals surface area (Å²) < 4.78 is 0. The molecule has 1 aromatic carbocycles. The van der Waals surface area contributed by atoms with Gasteiger partial charge in [0.2, 0.25) is 5.91 Å². The third-order valence-corrected chi connectivity index (χ3v) is 6.26. The monoisotopic (exact) mass is 379 g/mol. The fraction of sp³-hybridized carbons (Fsp3) is 0.409. The van der Waals surface area contributed by atoms with E-state index < -0.39 is 0 Å². The second kappa shape index (κ2) is 8.58. The van der Waals surface area contributed by atoms with Crippen LogP contribution < -0.4 is 5.32 Å². The van der Waals surface area contributed by atoms with Crippen molar-refractivity contribution in [2.75, 3.05) is 5.32 Å². The minimum absolute atomic E-state index is 0.0747. The third-order valence-electron chi connectivity index (χ3n) is 5.16. The number of thioether (sulfide) groups is 1. The van der Waals surface area contributed by atoms with E-state index in [0.29, 0.717) is 10.6 Å². The number of aromatic nitrogens is 1. The zero-order valence-electron chi connectivity index (χ0n) is 16.1. The molecule has 2 aromatic rings. The second-order valence-electron chi connectivity index (χ2n) is 7.12. The van der Waals surface area contributed by atoms with Gasteiger partial charge in [-0.3, -0.25) is 4.79 Å². The van der Waals surface area contributed by atoms with Gasteiger partial charge in [0.05, 0.1) is 10.8 Å². The minimum atomic E-state index is -0.339. The molecule has 0 fully saturated rings. The van der Waals surface area contributed by atoms with E-state index in [1.807, 2.05) is 45.0 Å². The van der Waals surface area contributed by atoms with E-state index in [-0.39, 0.29) is 11.2 Å². The average molecular weight is 380 g/mol. The maximum absolute atomic E-state index is 12.7. The normalized spacial score (nSPS) is 14.6. The van der Waals surface area contributed by atoms with Crippen LogP contribution in [-0.4, -0.2) is 16.1 Å². The molecule has 0 aliphatic heterocycles. The smallest absolute Gasteiger partial charge is 0.237 e. The maximum Gasteiger partial charge on any atom is 0.237 e. The molecule has 0 saturated carbocycles. The molecule has 0 spiro atoms. The Morgan fingerprint density at radius 3 is 2.81 bits per heavy atom. The number of pyridine rings is 1. The molecule has 1 atom stereocenters. The third kappa shape index (κ3) is 4.51. The molecule has 0 radical (unpaired) electrons. The first-order valence-electron chi connectivity index (χ1n) is 9.46. The van der Waals surface area contributed by atoms with Gasteiger partial charge in [0.15, 0.2) is 0 Å². The van der Waals surface area contributed by atoms with E-state index in [1.54, 1.807) is 0 Å². The van der Waals surface area contributed by atoms with Crippen molar-refractivity contribution in [3.05, 3.63) is 52.2 Å². The molecule has 4 nitrogen and oxygen atoms in total. The molecule has 0 bridgehead atoms. The summed E-state index contributed by atoms with van der Waals surface area (Å²) in [6.45, 7) is 5.90. The van der Waals surface area contributed by atoms with Crippen LogP contribution in [0, 0.1) is 25.2 Å². The number of hydrogen-bond acceptors (Lipinski definition) is 4. The second-order valence-corrected chi connectivity index (χ2v) is 8.45. The standard InChI is InChI=1S/C22H25N3OS/c1-14-8-7-11-19(15(14)2)24-21(26)16(3)27-22-18(13-23)12-17-9-5-4-6-10-20(17)25-22/h7-8,11-12,16H,4-6,9-10H2,1-3H3,(H,24,26). The highest BCUT2D eigenvalue weighted by Gasteiger charge is 2.20. The van der Waals surface area contributed by atoms with Gasteiger partial charge in [0, 0.05) is 11.4 Å². The van der Waals surface area contributed by atoms with Crippen LogP contribution in [0.15, 0.2) is 29.3 Å². The van der Waals surface area contributed by atoms with E-state index in [0.717, 1.165) is 48.2 Å². The highest BCUT2D eigenvalue weighted by Crippen LogP contribution is 2.30. The number of fused-ring (bicyclic) bond motifs is 1. The van der Waals surface area contributed by atoms with Crippen molar-refractivity contribution < 1.29 is 4.79 Å². The number of carbonyl (C=O) groups excluding carboxylic acids is 1. The summed E-state index contributed by atoms with van der Waals surface area (Å²) >= 11 is 1.37. The number of aryl methyl sites for hydroxylation is 3. The Kier molecular flexibility index (Phi) is 6.18. The van der Waals surface area contributed by atoms with Crippen molar-refractivity contribution in [2.24, 2.45) is 0 Å². The summed E-state index contributed by atoms with van der Waals surface area (Å²) in [6, 6.07) is 10.1. The molecule has 27 heavy (non-hydrogen) atoms. The van der Waals surface area contributed by atoms with Crippen LogP contribution in [0.3, 0.4) is 0 Å². The lowest BCUT2D eigenvalue weighted by Gasteiger charge is -2.16. The number of anilines is 1. The molecule has 3 rings (SSSR count). The molecule has 1 aliphatic carbocycles. The Bertz CT molecular complexity index is 901. The number of hydrogen-bond donors (Lipinski definition) is 1. The van der Waals surface area contributed by atoms with Gasteiger partial charge in [-0.15, -0.1) is 0 Å². The van der Waals surface area contributed by atoms with Crippen LogP contribution in [-0.2, 0) is 17.6 Å². The number of nitrogens with zero attached hydrogens (tertiary/aromatic N) is 2. The zero-order chi connectivity index (χ0) is 19.4. The van der Waals surface area contributed by atoms with Gasteiger partial charge in [0.1, 0.15) is 11.1 Å². The molecule has 1 unspecified atom stereocenters. The fourth-order valence-electron chi connectivity index (χ4n) is 3.30. The Morgan fingerprint density at radius 1 is 1.26 bits per heavy atom. The lowest BCUT2D eigenvalue weighted by atomic mass is 10.1. The van der Waals surface area contributed by atoms with Gasteiger partial charge in [-0.1, -0.05) is 30.3 Å². The Morgan fingerprint density at radius 2 is 2.04 bits per heavy atom. The molecule has 0 saturated heterocycles. The summed E-state index contributed by atoms with van der Waals surface area (Å²) in [5.41, 5.74) is 5.92. The van der Waals surface area contributed by atoms with E-state index in [1.165, 1.54) is 23.7 Å². The lowest BCUT2D eigenvalue weighted by molar-refractivity contribution is -0.115. The molecule has 1 N–H and O–H groups in total.